The lowest BCUT2D eigenvalue weighted by atomic mass is 10.1. The first kappa shape index (κ1) is 11.9. The molecule has 1 aliphatic heterocycles. The molecule has 0 saturated carbocycles. The van der Waals surface area contributed by atoms with Crippen LogP contribution in [-0.4, -0.2) is 34.9 Å². The van der Waals surface area contributed by atoms with Crippen molar-refractivity contribution in [2.75, 3.05) is 18.9 Å². The second kappa shape index (κ2) is 5.18. The number of nitrogens with zero attached hydrogens (tertiary/aromatic N) is 2. The van der Waals surface area contributed by atoms with Crippen LogP contribution in [0.5, 0.6) is 0 Å². The zero-order valence-corrected chi connectivity index (χ0v) is 9.98. The highest BCUT2D eigenvalue weighted by Gasteiger charge is 2.18. The Hall–Kier alpha value is -1.56. The predicted molar refractivity (Wildman–Crippen MR) is 63.5 cm³/mol. The van der Waals surface area contributed by atoms with Gasteiger partial charge in [0.25, 0.3) is 5.91 Å². The molecule has 0 aliphatic carbocycles. The van der Waals surface area contributed by atoms with Gasteiger partial charge in [0.2, 0.25) is 0 Å². The second-order valence-corrected chi connectivity index (χ2v) is 4.27. The highest BCUT2D eigenvalue weighted by molar-refractivity contribution is 5.97. The number of nitrogen functional groups attached to an aromatic ring is 1. The molecule has 1 saturated heterocycles. The Balaban J connectivity index is 1.89. The number of aromatic nitrogens is 2. The number of carbonyl (C=O) groups is 1. The lowest BCUT2D eigenvalue weighted by molar-refractivity contribution is 0.0168. The number of nitrogens with two attached hydrogens (primary N) is 1. The Bertz CT molecular complexity index is 377. The fraction of sp³-hybridized carbons (Fsp3) is 0.636. The van der Waals surface area contributed by atoms with Crippen LogP contribution in [0.25, 0.3) is 0 Å². The summed E-state index contributed by atoms with van der Waals surface area (Å²) in [5.74, 6) is -0.198. The molecule has 2 rings (SSSR count). The third-order valence-electron chi connectivity index (χ3n) is 2.95. The molecule has 6 nitrogen and oxygen atoms in total. The molecule has 1 aliphatic rings. The van der Waals surface area contributed by atoms with Gasteiger partial charge in [-0.25, -0.2) is 0 Å². The van der Waals surface area contributed by atoms with Crippen LogP contribution in [0, 0.1) is 0 Å². The van der Waals surface area contributed by atoms with Gasteiger partial charge in [-0.15, -0.1) is 0 Å². The molecule has 1 aromatic heterocycles. The van der Waals surface area contributed by atoms with Crippen molar-refractivity contribution in [2.45, 2.75) is 25.4 Å². The van der Waals surface area contributed by atoms with Crippen LogP contribution < -0.4 is 11.1 Å². The van der Waals surface area contributed by atoms with Crippen LogP contribution in [0.4, 0.5) is 5.69 Å². The Morgan fingerprint density at radius 3 is 3.12 bits per heavy atom. The lowest BCUT2D eigenvalue weighted by Crippen LogP contribution is -2.36. The third-order valence-corrected chi connectivity index (χ3v) is 2.95. The van der Waals surface area contributed by atoms with E-state index in [1.807, 2.05) is 0 Å². The maximum atomic E-state index is 11.9. The number of amides is 1. The molecule has 1 atom stereocenters. The van der Waals surface area contributed by atoms with Crippen LogP contribution in [0.3, 0.4) is 0 Å². The molecule has 2 heterocycles. The SMILES string of the molecule is Cn1ncc(N)c1C(=O)NCC1CCCCO1. The van der Waals surface area contributed by atoms with Gasteiger partial charge in [-0.05, 0) is 19.3 Å². The van der Waals surface area contributed by atoms with Crippen LogP contribution >= 0.6 is 0 Å². The smallest absolute Gasteiger partial charge is 0.271 e. The van der Waals surface area contributed by atoms with Crippen LogP contribution in [0.15, 0.2) is 6.20 Å². The molecule has 0 radical (unpaired) electrons. The molecule has 1 aromatic rings. The highest BCUT2D eigenvalue weighted by atomic mass is 16.5. The van der Waals surface area contributed by atoms with E-state index in [1.165, 1.54) is 10.9 Å². The number of ether oxygens (including phenoxy) is 1. The van der Waals surface area contributed by atoms with E-state index in [4.69, 9.17) is 10.5 Å². The largest absolute Gasteiger partial charge is 0.396 e. The van der Waals surface area contributed by atoms with E-state index in [-0.39, 0.29) is 12.0 Å². The monoisotopic (exact) mass is 238 g/mol. The minimum atomic E-state index is -0.198. The van der Waals surface area contributed by atoms with E-state index >= 15 is 0 Å². The van der Waals surface area contributed by atoms with Gasteiger partial charge >= 0.3 is 0 Å². The Morgan fingerprint density at radius 1 is 1.71 bits per heavy atom. The van der Waals surface area contributed by atoms with E-state index in [1.54, 1.807) is 7.05 Å². The van der Waals surface area contributed by atoms with E-state index in [9.17, 15) is 4.79 Å². The normalized spacial score (nSPS) is 20.2. The first-order valence-corrected chi connectivity index (χ1v) is 5.85. The summed E-state index contributed by atoms with van der Waals surface area (Å²) in [6, 6.07) is 0. The van der Waals surface area contributed by atoms with Crippen LogP contribution in [0.1, 0.15) is 29.8 Å². The van der Waals surface area contributed by atoms with Crippen molar-refractivity contribution in [1.29, 1.82) is 0 Å². The van der Waals surface area contributed by atoms with Gasteiger partial charge in [-0.2, -0.15) is 5.10 Å². The summed E-state index contributed by atoms with van der Waals surface area (Å²) in [4.78, 5) is 11.9. The van der Waals surface area contributed by atoms with E-state index in [2.05, 4.69) is 10.4 Å². The van der Waals surface area contributed by atoms with Crippen molar-refractivity contribution in [3.63, 3.8) is 0 Å². The molecule has 1 unspecified atom stereocenters. The van der Waals surface area contributed by atoms with Crippen LogP contribution in [0.2, 0.25) is 0 Å². The number of rotatable bonds is 3. The van der Waals surface area contributed by atoms with E-state index < -0.39 is 0 Å². The van der Waals surface area contributed by atoms with Crippen molar-refractivity contribution in [3.8, 4) is 0 Å². The highest BCUT2D eigenvalue weighted by Crippen LogP contribution is 2.13. The number of hydrogen-bond donors (Lipinski definition) is 2. The summed E-state index contributed by atoms with van der Waals surface area (Å²) in [5, 5.41) is 6.76. The molecular formula is C11H18N4O2. The fourth-order valence-corrected chi connectivity index (χ4v) is 1.99. The average molecular weight is 238 g/mol. The Kier molecular flexibility index (Phi) is 3.63. The van der Waals surface area contributed by atoms with Gasteiger partial charge in [-0.3, -0.25) is 9.48 Å². The molecule has 0 spiro atoms. The number of anilines is 1. The maximum Gasteiger partial charge on any atom is 0.271 e. The molecule has 94 valence electrons. The summed E-state index contributed by atoms with van der Waals surface area (Å²) >= 11 is 0. The first-order chi connectivity index (χ1) is 8.18. The van der Waals surface area contributed by atoms with Gasteiger partial charge in [0, 0.05) is 20.2 Å². The Labute approximate surface area is 100 Å². The summed E-state index contributed by atoms with van der Waals surface area (Å²) < 4.78 is 7.02. The molecule has 1 fully saturated rings. The average Bonchev–Trinajstić information content (AvgIpc) is 2.67. The summed E-state index contributed by atoms with van der Waals surface area (Å²) in [6.07, 6.45) is 4.88. The standard InChI is InChI=1S/C11H18N4O2/c1-15-10(9(12)7-14-15)11(16)13-6-8-4-2-3-5-17-8/h7-8H,2-6,12H2,1H3,(H,13,16). The second-order valence-electron chi connectivity index (χ2n) is 4.27. The number of nitrogens with one attached hydrogen (secondary N) is 1. The molecule has 0 aromatic carbocycles. The van der Waals surface area contributed by atoms with Gasteiger partial charge in [0.05, 0.1) is 18.0 Å². The van der Waals surface area contributed by atoms with Gasteiger partial charge in [0.15, 0.2) is 0 Å². The quantitative estimate of drug-likeness (QED) is 0.793. The molecule has 6 heteroatoms. The molecular weight excluding hydrogens is 220 g/mol. The topological polar surface area (TPSA) is 82.2 Å². The van der Waals surface area contributed by atoms with Crippen LogP contribution in [-0.2, 0) is 11.8 Å². The van der Waals surface area contributed by atoms with Gasteiger partial charge in [-0.1, -0.05) is 0 Å². The molecule has 3 N–H and O–H groups in total. The number of carbonyl (C=O) groups excluding carboxylic acids is 1. The molecule has 0 bridgehead atoms. The fourth-order valence-electron chi connectivity index (χ4n) is 1.99. The number of aryl methyl sites for hydroxylation is 1. The zero-order chi connectivity index (χ0) is 12.3. The minimum Gasteiger partial charge on any atom is -0.396 e. The van der Waals surface area contributed by atoms with Gasteiger partial charge < -0.3 is 15.8 Å². The van der Waals surface area contributed by atoms with Crippen molar-refractivity contribution >= 4 is 11.6 Å². The third kappa shape index (κ3) is 2.76. The van der Waals surface area contributed by atoms with Crippen molar-refractivity contribution in [2.24, 2.45) is 7.05 Å². The van der Waals surface area contributed by atoms with Crippen molar-refractivity contribution < 1.29 is 9.53 Å². The lowest BCUT2D eigenvalue weighted by Gasteiger charge is -2.22. The minimum absolute atomic E-state index is 0.127. The van der Waals surface area contributed by atoms with Crippen molar-refractivity contribution in [3.05, 3.63) is 11.9 Å². The molecule has 17 heavy (non-hydrogen) atoms. The molecule has 1 amide bonds. The van der Waals surface area contributed by atoms with Crippen molar-refractivity contribution in [1.82, 2.24) is 15.1 Å². The number of hydrogen-bond acceptors (Lipinski definition) is 4. The summed E-state index contributed by atoms with van der Waals surface area (Å²) in [5.41, 5.74) is 6.48. The van der Waals surface area contributed by atoms with E-state index in [0.29, 0.717) is 17.9 Å². The maximum absolute atomic E-state index is 11.9. The van der Waals surface area contributed by atoms with E-state index in [0.717, 1.165) is 25.9 Å². The summed E-state index contributed by atoms with van der Waals surface area (Å²) in [7, 11) is 1.70. The zero-order valence-electron chi connectivity index (χ0n) is 9.98. The summed E-state index contributed by atoms with van der Waals surface area (Å²) in [6.45, 7) is 1.32. The Morgan fingerprint density at radius 2 is 2.53 bits per heavy atom. The van der Waals surface area contributed by atoms with Gasteiger partial charge in [0.1, 0.15) is 5.69 Å². The predicted octanol–water partition coefficient (Wildman–Crippen LogP) is 0.301. The first-order valence-electron chi connectivity index (χ1n) is 5.85.